The summed E-state index contributed by atoms with van der Waals surface area (Å²) in [5.41, 5.74) is 1.92. The van der Waals surface area contributed by atoms with Gasteiger partial charge in [-0.3, -0.25) is 19.9 Å². The molecular weight excluding hydrogens is 286 g/mol. The summed E-state index contributed by atoms with van der Waals surface area (Å²) >= 11 is 0. The number of aryl methyl sites for hydroxylation is 1. The van der Waals surface area contributed by atoms with E-state index < -0.39 is 4.92 Å². The fraction of sp³-hybridized carbons (Fsp3) is 0.333. The van der Waals surface area contributed by atoms with Gasteiger partial charge in [0.25, 0.3) is 5.69 Å². The van der Waals surface area contributed by atoms with Crippen LogP contribution in [-0.2, 0) is 16.0 Å². The van der Waals surface area contributed by atoms with Crippen molar-refractivity contribution >= 4 is 28.2 Å². The van der Waals surface area contributed by atoms with Gasteiger partial charge in [-0.25, -0.2) is 0 Å². The van der Waals surface area contributed by atoms with Gasteiger partial charge in [0.2, 0.25) is 5.91 Å². The molecule has 0 saturated carbocycles. The van der Waals surface area contributed by atoms with E-state index in [1.54, 1.807) is 12.1 Å². The molecule has 0 saturated heterocycles. The van der Waals surface area contributed by atoms with E-state index in [0.29, 0.717) is 29.6 Å². The van der Waals surface area contributed by atoms with E-state index in [0.717, 1.165) is 5.69 Å². The number of hydrogen-bond donors (Lipinski definition) is 1. The Hall–Kier alpha value is -2.54. The van der Waals surface area contributed by atoms with Crippen LogP contribution in [0.4, 0.5) is 11.4 Å². The number of carbonyl (C=O) groups is 1. The monoisotopic (exact) mass is 303 g/mol. The van der Waals surface area contributed by atoms with Crippen LogP contribution in [0.3, 0.4) is 0 Å². The quantitative estimate of drug-likeness (QED) is 0.654. The van der Waals surface area contributed by atoms with E-state index in [4.69, 9.17) is 4.74 Å². The minimum Gasteiger partial charge on any atom is -0.384 e. The highest BCUT2D eigenvalue weighted by Gasteiger charge is 2.13. The Morgan fingerprint density at radius 2 is 2.18 bits per heavy atom. The van der Waals surface area contributed by atoms with Crippen molar-refractivity contribution in [1.29, 1.82) is 0 Å². The lowest BCUT2D eigenvalue weighted by Crippen LogP contribution is -2.14. The van der Waals surface area contributed by atoms with Crippen LogP contribution in [0.1, 0.15) is 19.0 Å². The smallest absolute Gasteiger partial charge is 0.270 e. The molecule has 0 aliphatic rings. The van der Waals surface area contributed by atoms with Crippen molar-refractivity contribution in [3.05, 3.63) is 40.1 Å². The Labute approximate surface area is 127 Å². The maximum atomic E-state index is 11.9. The van der Waals surface area contributed by atoms with Crippen molar-refractivity contribution in [3.63, 3.8) is 0 Å². The number of benzene rings is 1. The molecule has 7 nitrogen and oxygen atoms in total. The first-order valence-corrected chi connectivity index (χ1v) is 6.92. The zero-order valence-corrected chi connectivity index (χ0v) is 12.5. The molecule has 2 aromatic rings. The maximum absolute atomic E-state index is 11.9. The van der Waals surface area contributed by atoms with Crippen LogP contribution in [0.2, 0.25) is 0 Å². The molecule has 22 heavy (non-hydrogen) atoms. The molecule has 0 unspecified atom stereocenters. The predicted molar refractivity (Wildman–Crippen MR) is 82.9 cm³/mol. The van der Waals surface area contributed by atoms with Crippen molar-refractivity contribution in [2.75, 3.05) is 19.0 Å². The number of nitro benzene ring substituents is 1. The van der Waals surface area contributed by atoms with Crippen LogP contribution in [0.5, 0.6) is 0 Å². The molecular formula is C15H17N3O4. The van der Waals surface area contributed by atoms with Gasteiger partial charge in [-0.1, -0.05) is 6.92 Å². The van der Waals surface area contributed by atoms with Crippen molar-refractivity contribution in [2.45, 2.75) is 19.8 Å². The summed E-state index contributed by atoms with van der Waals surface area (Å²) < 4.78 is 4.87. The molecule has 2 rings (SSSR count). The molecule has 0 radical (unpaired) electrons. The zero-order chi connectivity index (χ0) is 16.1. The van der Waals surface area contributed by atoms with Crippen LogP contribution in [0.25, 0.3) is 10.9 Å². The van der Waals surface area contributed by atoms with E-state index >= 15 is 0 Å². The number of amides is 1. The lowest BCUT2D eigenvalue weighted by Gasteiger charge is -2.10. The molecule has 7 heteroatoms. The number of aromatic nitrogens is 1. The molecule has 1 amide bonds. The van der Waals surface area contributed by atoms with Crippen molar-refractivity contribution in [3.8, 4) is 0 Å². The number of nitrogens with zero attached hydrogens (tertiary/aromatic N) is 2. The number of ether oxygens (including phenoxy) is 1. The molecule has 0 atom stereocenters. The van der Waals surface area contributed by atoms with Gasteiger partial charge in [0.05, 0.1) is 29.2 Å². The normalized spacial score (nSPS) is 10.6. The summed E-state index contributed by atoms with van der Waals surface area (Å²) in [5, 5.41) is 14.3. The van der Waals surface area contributed by atoms with Gasteiger partial charge in [-0.2, -0.15) is 0 Å². The van der Waals surface area contributed by atoms with Gasteiger partial charge in [-0.05, 0) is 18.6 Å². The Balaban J connectivity index is 2.46. The first-order chi connectivity index (χ1) is 10.5. The second-order valence-electron chi connectivity index (χ2n) is 4.76. The van der Waals surface area contributed by atoms with E-state index in [9.17, 15) is 14.9 Å². The Morgan fingerprint density at radius 3 is 2.82 bits per heavy atom. The number of anilines is 1. The molecule has 0 bridgehead atoms. The first kappa shape index (κ1) is 15.8. The third kappa shape index (κ3) is 3.56. The minimum absolute atomic E-state index is 0.0362. The fourth-order valence-electron chi connectivity index (χ4n) is 2.07. The molecule has 1 N–H and O–H groups in total. The number of nitrogens with one attached hydrogen (secondary N) is 1. The Bertz CT molecular complexity index is 715. The second-order valence-corrected chi connectivity index (χ2v) is 4.76. The topological polar surface area (TPSA) is 94.4 Å². The molecule has 116 valence electrons. The van der Waals surface area contributed by atoms with Gasteiger partial charge >= 0.3 is 0 Å². The van der Waals surface area contributed by atoms with Gasteiger partial charge in [0, 0.05) is 30.3 Å². The lowest BCUT2D eigenvalue weighted by atomic mass is 10.1. The van der Waals surface area contributed by atoms with E-state index in [2.05, 4.69) is 10.3 Å². The van der Waals surface area contributed by atoms with Crippen molar-refractivity contribution < 1.29 is 14.5 Å². The van der Waals surface area contributed by atoms with E-state index in [-0.39, 0.29) is 18.0 Å². The number of non-ortho nitro benzene ring substituents is 1. The third-order valence-electron chi connectivity index (χ3n) is 3.23. The van der Waals surface area contributed by atoms with Gasteiger partial charge < -0.3 is 10.1 Å². The van der Waals surface area contributed by atoms with Gasteiger partial charge in [0.1, 0.15) is 0 Å². The number of fused-ring (bicyclic) bond motifs is 1. The summed E-state index contributed by atoms with van der Waals surface area (Å²) in [6.45, 7) is 2.27. The predicted octanol–water partition coefficient (Wildman–Crippen LogP) is 2.68. The summed E-state index contributed by atoms with van der Waals surface area (Å²) in [6, 6.07) is 6.17. The SMILES string of the molecule is CCc1cc(NC(=O)CCOC)c2cc([N+](=O)[O-])ccc2n1. The molecule has 0 aliphatic heterocycles. The number of methoxy groups -OCH3 is 1. The van der Waals surface area contributed by atoms with Crippen LogP contribution >= 0.6 is 0 Å². The highest BCUT2D eigenvalue weighted by molar-refractivity contribution is 6.01. The van der Waals surface area contributed by atoms with Crippen molar-refractivity contribution in [2.24, 2.45) is 0 Å². The standard InChI is InChI=1S/C15H17N3O4/c1-3-10-8-14(17-15(19)6-7-22-2)12-9-11(18(20)21)4-5-13(12)16-10/h4-5,8-9H,3,6-7H2,1-2H3,(H,16,17,19). The third-order valence-corrected chi connectivity index (χ3v) is 3.23. The summed E-state index contributed by atoms with van der Waals surface area (Å²) in [7, 11) is 1.52. The average Bonchev–Trinajstić information content (AvgIpc) is 2.52. The zero-order valence-electron chi connectivity index (χ0n) is 12.5. The largest absolute Gasteiger partial charge is 0.384 e. The minimum atomic E-state index is -0.469. The average molecular weight is 303 g/mol. The summed E-state index contributed by atoms with van der Waals surface area (Å²) in [4.78, 5) is 26.8. The molecule has 0 aliphatic carbocycles. The highest BCUT2D eigenvalue weighted by Crippen LogP contribution is 2.27. The number of carbonyl (C=O) groups excluding carboxylic acids is 1. The first-order valence-electron chi connectivity index (χ1n) is 6.92. The number of hydrogen-bond acceptors (Lipinski definition) is 5. The molecule has 1 aromatic carbocycles. The fourth-order valence-corrected chi connectivity index (χ4v) is 2.07. The molecule has 1 heterocycles. The van der Waals surface area contributed by atoms with Crippen molar-refractivity contribution in [1.82, 2.24) is 4.98 Å². The van der Waals surface area contributed by atoms with Crippen LogP contribution < -0.4 is 5.32 Å². The summed E-state index contributed by atoms with van der Waals surface area (Å²) in [6.07, 6.45) is 0.921. The summed E-state index contributed by atoms with van der Waals surface area (Å²) in [5.74, 6) is -0.206. The Kier molecular flexibility index (Phi) is 5.00. The molecule has 1 aromatic heterocycles. The van der Waals surface area contributed by atoms with Crippen LogP contribution in [-0.4, -0.2) is 29.5 Å². The maximum Gasteiger partial charge on any atom is 0.270 e. The highest BCUT2D eigenvalue weighted by atomic mass is 16.6. The second kappa shape index (κ2) is 6.95. The Morgan fingerprint density at radius 1 is 1.41 bits per heavy atom. The van der Waals surface area contributed by atoms with E-state index in [1.807, 2.05) is 6.92 Å². The van der Waals surface area contributed by atoms with Crippen LogP contribution in [0.15, 0.2) is 24.3 Å². The number of nitro groups is 1. The number of pyridine rings is 1. The molecule has 0 fully saturated rings. The molecule has 0 spiro atoms. The van der Waals surface area contributed by atoms with Gasteiger partial charge in [0.15, 0.2) is 0 Å². The van der Waals surface area contributed by atoms with Crippen LogP contribution in [0, 0.1) is 10.1 Å². The van der Waals surface area contributed by atoms with Gasteiger partial charge in [-0.15, -0.1) is 0 Å². The number of rotatable bonds is 6. The van der Waals surface area contributed by atoms with E-state index in [1.165, 1.54) is 19.2 Å². The lowest BCUT2D eigenvalue weighted by molar-refractivity contribution is -0.384.